The second-order valence-corrected chi connectivity index (χ2v) is 13.1. The summed E-state index contributed by atoms with van der Waals surface area (Å²) in [4.78, 5) is 14.7. The van der Waals surface area contributed by atoms with Gasteiger partial charge in [-0.3, -0.25) is 0 Å². The highest BCUT2D eigenvalue weighted by Gasteiger charge is 2.20. The Morgan fingerprint density at radius 3 is 1.64 bits per heavy atom. The molecule has 0 atom stereocenters. The maximum absolute atomic E-state index is 14.0. The lowest BCUT2D eigenvalue weighted by Gasteiger charge is -2.11. The third kappa shape index (κ3) is 5.40. The van der Waals surface area contributed by atoms with Gasteiger partial charge in [0.1, 0.15) is 22.8 Å². The topological polar surface area (TPSA) is 51.8 Å². The molecule has 0 bridgehead atoms. The maximum Gasteiger partial charge on any atom is 0.164 e. The Balaban J connectivity index is 1.17. The van der Waals surface area contributed by atoms with Gasteiger partial charge in [0.2, 0.25) is 0 Å². The van der Waals surface area contributed by atoms with E-state index in [4.69, 9.17) is 19.4 Å². The standard InChI is InChI=1S/C47H27F2N3O/c48-35-22-18-31(19-23-35)45-50-46(32-20-24-36(49)25-21-32)52-47(51-45)40-27-41-43-37(10-5-11-42(43)53-44(41)39-9-4-3-8-38(39)40)30-15-12-29(13-16-30)34-17-14-28-6-1-2-7-33(28)26-34/h1-27H. The summed E-state index contributed by atoms with van der Waals surface area (Å²) < 4.78 is 34.5. The summed E-state index contributed by atoms with van der Waals surface area (Å²) in [6, 6.07) is 52.0. The van der Waals surface area contributed by atoms with Gasteiger partial charge < -0.3 is 4.42 Å². The van der Waals surface area contributed by atoms with Crippen molar-refractivity contribution in [1.29, 1.82) is 0 Å². The highest BCUT2D eigenvalue weighted by Crippen LogP contribution is 2.43. The number of nitrogens with zero attached hydrogens (tertiary/aromatic N) is 3. The lowest BCUT2D eigenvalue weighted by Crippen LogP contribution is -2.01. The third-order valence-electron chi connectivity index (χ3n) is 9.86. The van der Waals surface area contributed by atoms with Gasteiger partial charge in [-0.25, -0.2) is 23.7 Å². The second kappa shape index (κ2) is 12.3. The Bertz CT molecular complexity index is 2940. The number of fused-ring (bicyclic) bond motifs is 6. The Hall–Kier alpha value is -7.05. The van der Waals surface area contributed by atoms with Crippen LogP contribution in [0.5, 0.6) is 0 Å². The third-order valence-corrected chi connectivity index (χ3v) is 9.86. The van der Waals surface area contributed by atoms with Gasteiger partial charge in [-0.2, -0.15) is 0 Å². The Labute approximate surface area is 302 Å². The molecule has 8 aromatic carbocycles. The molecule has 0 spiro atoms. The largest absolute Gasteiger partial charge is 0.455 e. The number of hydrogen-bond acceptors (Lipinski definition) is 4. The lowest BCUT2D eigenvalue weighted by atomic mass is 9.94. The number of furan rings is 1. The predicted octanol–water partition coefficient (Wildman–Crippen LogP) is 12.7. The van der Waals surface area contributed by atoms with Gasteiger partial charge >= 0.3 is 0 Å². The maximum atomic E-state index is 14.0. The molecule has 0 radical (unpaired) electrons. The Morgan fingerprint density at radius 2 is 0.943 bits per heavy atom. The minimum Gasteiger partial charge on any atom is -0.455 e. The van der Waals surface area contributed by atoms with Gasteiger partial charge in [0.05, 0.1) is 0 Å². The van der Waals surface area contributed by atoms with Crippen molar-refractivity contribution in [3.8, 4) is 56.4 Å². The highest BCUT2D eigenvalue weighted by molar-refractivity contribution is 6.22. The van der Waals surface area contributed by atoms with Crippen LogP contribution in [0.4, 0.5) is 8.78 Å². The number of hydrogen-bond donors (Lipinski definition) is 0. The van der Waals surface area contributed by atoms with E-state index < -0.39 is 0 Å². The van der Waals surface area contributed by atoms with Crippen molar-refractivity contribution in [2.24, 2.45) is 0 Å². The molecule has 0 aliphatic rings. The average Bonchev–Trinajstić information content (AvgIpc) is 3.60. The van der Waals surface area contributed by atoms with Crippen molar-refractivity contribution < 1.29 is 13.2 Å². The minimum absolute atomic E-state index is 0.357. The molecule has 0 amide bonds. The van der Waals surface area contributed by atoms with E-state index in [1.54, 1.807) is 24.3 Å². The van der Waals surface area contributed by atoms with Gasteiger partial charge in [-0.05, 0) is 105 Å². The summed E-state index contributed by atoms with van der Waals surface area (Å²) in [5.74, 6) is 0.474. The quantitative estimate of drug-likeness (QED) is 0.181. The van der Waals surface area contributed by atoms with Crippen LogP contribution in [0.2, 0.25) is 0 Å². The van der Waals surface area contributed by atoms with E-state index in [2.05, 4.69) is 78.9 Å². The van der Waals surface area contributed by atoms with Crippen molar-refractivity contribution in [2.45, 2.75) is 0 Å². The van der Waals surface area contributed by atoms with E-state index in [9.17, 15) is 8.78 Å². The van der Waals surface area contributed by atoms with Crippen LogP contribution in [0.25, 0.3) is 99.9 Å². The molecule has 0 N–H and O–H groups in total. The summed E-state index contributed by atoms with van der Waals surface area (Å²) in [6.07, 6.45) is 0. The molecule has 0 saturated carbocycles. The van der Waals surface area contributed by atoms with Gasteiger partial charge in [-0.15, -0.1) is 0 Å². The predicted molar refractivity (Wildman–Crippen MR) is 209 cm³/mol. The zero-order valence-electron chi connectivity index (χ0n) is 28.1. The van der Waals surface area contributed by atoms with Crippen LogP contribution >= 0.6 is 0 Å². The molecule has 0 aliphatic heterocycles. The van der Waals surface area contributed by atoms with Gasteiger partial charge in [-0.1, -0.05) is 97.1 Å². The molecule has 250 valence electrons. The molecule has 0 saturated heterocycles. The van der Waals surface area contributed by atoms with Crippen molar-refractivity contribution in [3.05, 3.63) is 175 Å². The second-order valence-electron chi connectivity index (χ2n) is 13.1. The molecule has 6 heteroatoms. The summed E-state index contributed by atoms with van der Waals surface area (Å²) in [5.41, 5.74) is 8.00. The first-order chi connectivity index (χ1) is 26.1. The highest BCUT2D eigenvalue weighted by atomic mass is 19.1. The molecular weight excluding hydrogens is 661 g/mol. The zero-order valence-corrected chi connectivity index (χ0v) is 28.1. The van der Waals surface area contributed by atoms with Crippen molar-refractivity contribution >= 4 is 43.5 Å². The van der Waals surface area contributed by atoms with Crippen LogP contribution in [0.15, 0.2) is 168 Å². The first-order valence-corrected chi connectivity index (χ1v) is 17.3. The normalized spacial score (nSPS) is 11.6. The molecule has 2 aromatic heterocycles. The van der Waals surface area contributed by atoms with Crippen LogP contribution in [0.1, 0.15) is 0 Å². The lowest BCUT2D eigenvalue weighted by molar-refractivity contribution is 0.627. The van der Waals surface area contributed by atoms with E-state index in [0.29, 0.717) is 28.6 Å². The van der Waals surface area contributed by atoms with E-state index in [1.807, 2.05) is 36.4 Å². The van der Waals surface area contributed by atoms with Gasteiger partial charge in [0.25, 0.3) is 0 Å². The zero-order chi connectivity index (χ0) is 35.5. The number of aromatic nitrogens is 3. The van der Waals surface area contributed by atoms with E-state index >= 15 is 0 Å². The molecule has 0 fully saturated rings. The molecule has 0 unspecified atom stereocenters. The smallest absolute Gasteiger partial charge is 0.164 e. The minimum atomic E-state index is -0.357. The van der Waals surface area contributed by atoms with E-state index in [0.717, 1.165) is 60.5 Å². The summed E-state index contributed by atoms with van der Waals surface area (Å²) in [6.45, 7) is 0. The van der Waals surface area contributed by atoms with Crippen LogP contribution < -0.4 is 0 Å². The molecule has 4 nitrogen and oxygen atoms in total. The van der Waals surface area contributed by atoms with Gasteiger partial charge in [0.15, 0.2) is 17.5 Å². The van der Waals surface area contributed by atoms with Crippen molar-refractivity contribution in [2.75, 3.05) is 0 Å². The summed E-state index contributed by atoms with van der Waals surface area (Å²) in [7, 11) is 0. The summed E-state index contributed by atoms with van der Waals surface area (Å²) in [5, 5.41) is 6.16. The number of benzene rings is 8. The fraction of sp³-hybridized carbons (Fsp3) is 0. The summed E-state index contributed by atoms with van der Waals surface area (Å²) >= 11 is 0. The van der Waals surface area contributed by atoms with Crippen LogP contribution in [0.3, 0.4) is 0 Å². The molecule has 0 aliphatic carbocycles. The molecule has 10 aromatic rings. The van der Waals surface area contributed by atoms with Crippen LogP contribution in [-0.2, 0) is 0 Å². The first kappa shape index (κ1) is 30.7. The molecule has 10 rings (SSSR count). The first-order valence-electron chi connectivity index (χ1n) is 17.3. The SMILES string of the molecule is Fc1ccc(-c2nc(-c3ccc(F)cc3)nc(-c3cc4c(oc5cccc(-c6ccc(-c7ccc8ccccc8c7)cc6)c54)c4ccccc34)n2)cc1. The fourth-order valence-corrected chi connectivity index (χ4v) is 7.24. The average molecular weight is 688 g/mol. The van der Waals surface area contributed by atoms with Gasteiger partial charge in [0, 0.05) is 32.8 Å². The fourth-order valence-electron chi connectivity index (χ4n) is 7.24. The van der Waals surface area contributed by atoms with Crippen molar-refractivity contribution in [3.63, 3.8) is 0 Å². The molecule has 53 heavy (non-hydrogen) atoms. The van der Waals surface area contributed by atoms with Crippen LogP contribution in [-0.4, -0.2) is 15.0 Å². The molecule has 2 heterocycles. The van der Waals surface area contributed by atoms with Crippen molar-refractivity contribution in [1.82, 2.24) is 15.0 Å². The monoisotopic (exact) mass is 687 g/mol. The van der Waals surface area contributed by atoms with E-state index in [-0.39, 0.29) is 11.6 Å². The Kier molecular flexibility index (Phi) is 7.15. The Morgan fingerprint density at radius 1 is 0.377 bits per heavy atom. The van der Waals surface area contributed by atoms with Crippen LogP contribution in [0, 0.1) is 11.6 Å². The number of rotatable bonds is 5. The van der Waals surface area contributed by atoms with E-state index in [1.165, 1.54) is 35.0 Å². The number of halogens is 2. The molecular formula is C47H27F2N3O.